The van der Waals surface area contributed by atoms with Crippen LogP contribution in [0.3, 0.4) is 0 Å². The molecule has 0 radical (unpaired) electrons. The maximum atomic E-state index is 12.4. The van der Waals surface area contributed by atoms with Crippen LogP contribution in [0.15, 0.2) is 0 Å². The summed E-state index contributed by atoms with van der Waals surface area (Å²) in [5, 5.41) is 3.24. The number of nitrogens with one attached hydrogen (secondary N) is 1. The molecule has 5 atom stereocenters. The molecule has 0 aromatic carbocycles. The quantitative estimate of drug-likeness (QED) is 0.810. The first-order valence-electron chi connectivity index (χ1n) is 7.43. The maximum Gasteiger partial charge on any atom is 0.223 e. The molecule has 2 rings (SSSR count). The van der Waals surface area contributed by atoms with Gasteiger partial charge in [0.05, 0.1) is 0 Å². The molecule has 104 valence electrons. The average Bonchev–Trinajstić information content (AvgIpc) is 3.04. The Morgan fingerprint density at radius 1 is 1.39 bits per heavy atom. The average molecular weight is 252 g/mol. The summed E-state index contributed by atoms with van der Waals surface area (Å²) in [6, 6.07) is 0.692. The van der Waals surface area contributed by atoms with Crippen molar-refractivity contribution >= 4 is 5.91 Å². The summed E-state index contributed by atoms with van der Waals surface area (Å²) >= 11 is 0. The van der Waals surface area contributed by atoms with Crippen molar-refractivity contribution in [2.75, 3.05) is 0 Å². The molecule has 1 amide bonds. The summed E-state index contributed by atoms with van der Waals surface area (Å²) in [7, 11) is 0. The van der Waals surface area contributed by atoms with Crippen molar-refractivity contribution in [2.45, 2.75) is 65.5 Å². The first-order valence-corrected chi connectivity index (χ1v) is 7.43. The molecule has 2 aliphatic rings. The summed E-state index contributed by atoms with van der Waals surface area (Å²) in [5.41, 5.74) is 6.15. The van der Waals surface area contributed by atoms with Crippen molar-refractivity contribution in [2.24, 2.45) is 28.9 Å². The van der Waals surface area contributed by atoms with E-state index in [1.807, 2.05) is 0 Å². The lowest BCUT2D eigenvalue weighted by Gasteiger charge is -2.46. The largest absolute Gasteiger partial charge is 0.353 e. The predicted molar refractivity (Wildman–Crippen MR) is 74.0 cm³/mol. The van der Waals surface area contributed by atoms with E-state index in [2.05, 4.69) is 33.0 Å². The summed E-state index contributed by atoms with van der Waals surface area (Å²) in [6.45, 7) is 8.79. The number of hydrogen-bond donors (Lipinski definition) is 2. The van der Waals surface area contributed by atoms with E-state index >= 15 is 0 Å². The highest BCUT2D eigenvalue weighted by molar-refractivity contribution is 5.80. The Bertz CT molecular complexity index is 326. The van der Waals surface area contributed by atoms with Crippen molar-refractivity contribution in [3.63, 3.8) is 0 Å². The van der Waals surface area contributed by atoms with E-state index in [1.165, 1.54) is 12.8 Å². The first-order chi connectivity index (χ1) is 8.37. The second-order valence-corrected chi connectivity index (χ2v) is 6.92. The zero-order valence-corrected chi connectivity index (χ0v) is 12.2. The molecular weight excluding hydrogens is 224 g/mol. The lowest BCUT2D eigenvalue weighted by molar-refractivity contribution is -0.132. The van der Waals surface area contributed by atoms with Crippen LogP contribution in [0.4, 0.5) is 0 Å². The Morgan fingerprint density at radius 3 is 2.61 bits per heavy atom. The normalized spacial score (nSPS) is 42.4. The maximum absolute atomic E-state index is 12.4. The van der Waals surface area contributed by atoms with Gasteiger partial charge in [0, 0.05) is 18.0 Å². The third-order valence-corrected chi connectivity index (χ3v) is 5.59. The summed E-state index contributed by atoms with van der Waals surface area (Å²) in [5.74, 6) is 1.52. The first kappa shape index (κ1) is 13.9. The number of nitrogens with two attached hydrogens (primary N) is 1. The molecule has 0 aromatic heterocycles. The molecule has 18 heavy (non-hydrogen) atoms. The van der Waals surface area contributed by atoms with Gasteiger partial charge in [-0.05, 0) is 36.5 Å². The van der Waals surface area contributed by atoms with Gasteiger partial charge in [0.2, 0.25) is 5.91 Å². The minimum atomic E-state index is 0.0123. The topological polar surface area (TPSA) is 55.1 Å². The second kappa shape index (κ2) is 4.84. The molecule has 0 aromatic rings. The number of hydrogen-bond acceptors (Lipinski definition) is 2. The molecule has 2 aliphatic carbocycles. The van der Waals surface area contributed by atoms with E-state index < -0.39 is 0 Å². The summed E-state index contributed by atoms with van der Waals surface area (Å²) in [4.78, 5) is 12.4. The van der Waals surface area contributed by atoms with Crippen LogP contribution in [0.5, 0.6) is 0 Å². The zero-order chi connectivity index (χ0) is 13.5. The summed E-state index contributed by atoms with van der Waals surface area (Å²) < 4.78 is 0. The van der Waals surface area contributed by atoms with Crippen molar-refractivity contribution in [1.29, 1.82) is 0 Å². The van der Waals surface area contributed by atoms with E-state index in [1.54, 1.807) is 0 Å². The number of amides is 1. The van der Waals surface area contributed by atoms with Crippen LogP contribution in [0.25, 0.3) is 0 Å². The molecule has 5 unspecified atom stereocenters. The van der Waals surface area contributed by atoms with Gasteiger partial charge in [-0.25, -0.2) is 0 Å². The van der Waals surface area contributed by atoms with Gasteiger partial charge in [-0.3, -0.25) is 4.79 Å². The van der Waals surface area contributed by atoms with Gasteiger partial charge in [-0.2, -0.15) is 0 Å². The molecule has 0 aliphatic heterocycles. The lowest BCUT2D eigenvalue weighted by Crippen LogP contribution is -2.52. The van der Waals surface area contributed by atoms with Gasteiger partial charge < -0.3 is 11.1 Å². The fraction of sp³-hybridized carbons (Fsp3) is 0.933. The van der Waals surface area contributed by atoms with Crippen LogP contribution in [0.2, 0.25) is 0 Å². The second-order valence-electron chi connectivity index (χ2n) is 6.92. The van der Waals surface area contributed by atoms with E-state index in [4.69, 9.17) is 5.73 Å². The third kappa shape index (κ3) is 2.42. The number of carbonyl (C=O) groups excluding carboxylic acids is 1. The fourth-order valence-electron chi connectivity index (χ4n) is 3.48. The molecule has 0 bridgehead atoms. The van der Waals surface area contributed by atoms with Gasteiger partial charge in [-0.1, -0.05) is 34.1 Å². The van der Waals surface area contributed by atoms with E-state index in [9.17, 15) is 4.79 Å². The van der Waals surface area contributed by atoms with Crippen LogP contribution in [0, 0.1) is 23.2 Å². The van der Waals surface area contributed by atoms with Gasteiger partial charge in [0.1, 0.15) is 0 Å². The monoisotopic (exact) mass is 252 g/mol. The van der Waals surface area contributed by atoms with Crippen molar-refractivity contribution in [1.82, 2.24) is 5.32 Å². The van der Waals surface area contributed by atoms with Crippen molar-refractivity contribution < 1.29 is 4.79 Å². The van der Waals surface area contributed by atoms with E-state index in [0.717, 1.165) is 18.8 Å². The Morgan fingerprint density at radius 2 is 2.06 bits per heavy atom. The van der Waals surface area contributed by atoms with Crippen molar-refractivity contribution in [3.8, 4) is 0 Å². The highest BCUT2D eigenvalue weighted by Gasteiger charge is 2.46. The number of rotatable bonds is 3. The molecule has 3 N–H and O–H groups in total. The molecule has 2 saturated carbocycles. The fourth-order valence-corrected chi connectivity index (χ4v) is 3.48. The SMILES string of the molecule is CCC1CC1NC(=O)C1CCC(N)C(C)C1(C)C. The van der Waals surface area contributed by atoms with Crippen LogP contribution in [-0.2, 0) is 4.79 Å². The van der Waals surface area contributed by atoms with Crippen LogP contribution in [-0.4, -0.2) is 18.0 Å². The highest BCUT2D eigenvalue weighted by atomic mass is 16.2. The molecule has 0 heterocycles. The minimum absolute atomic E-state index is 0.0123. The standard InChI is InChI=1S/C15H28N2O/c1-5-10-8-13(10)17-14(18)11-6-7-12(16)9(2)15(11,3)4/h9-13H,5-8,16H2,1-4H3,(H,17,18). The smallest absolute Gasteiger partial charge is 0.223 e. The van der Waals surface area contributed by atoms with Crippen molar-refractivity contribution in [3.05, 3.63) is 0 Å². The lowest BCUT2D eigenvalue weighted by atomic mass is 9.61. The van der Waals surface area contributed by atoms with Gasteiger partial charge in [0.15, 0.2) is 0 Å². The Labute approximate surface area is 111 Å². The van der Waals surface area contributed by atoms with Crippen LogP contribution < -0.4 is 11.1 Å². The van der Waals surface area contributed by atoms with Crippen LogP contribution in [0.1, 0.15) is 53.4 Å². The molecular formula is C15H28N2O. The molecule has 3 nitrogen and oxygen atoms in total. The van der Waals surface area contributed by atoms with E-state index in [0.29, 0.717) is 12.0 Å². The molecule has 0 saturated heterocycles. The Kier molecular flexibility index (Phi) is 3.72. The molecule has 3 heteroatoms. The Hall–Kier alpha value is -0.570. The summed E-state index contributed by atoms with van der Waals surface area (Å²) in [6.07, 6.45) is 4.27. The van der Waals surface area contributed by atoms with Gasteiger partial charge in [-0.15, -0.1) is 0 Å². The predicted octanol–water partition coefficient (Wildman–Crippen LogP) is 2.30. The third-order valence-electron chi connectivity index (χ3n) is 5.59. The zero-order valence-electron chi connectivity index (χ0n) is 12.2. The molecule has 2 fully saturated rings. The van der Waals surface area contributed by atoms with Crippen LogP contribution >= 0.6 is 0 Å². The minimum Gasteiger partial charge on any atom is -0.353 e. The van der Waals surface area contributed by atoms with E-state index in [-0.39, 0.29) is 23.3 Å². The molecule has 0 spiro atoms. The Balaban J connectivity index is 1.97. The van der Waals surface area contributed by atoms with Gasteiger partial charge >= 0.3 is 0 Å². The van der Waals surface area contributed by atoms with Gasteiger partial charge in [0.25, 0.3) is 0 Å². The highest BCUT2D eigenvalue weighted by Crippen LogP contribution is 2.45. The number of carbonyl (C=O) groups is 1.